The molecule has 1 aromatic rings. The maximum atomic E-state index is 3.33. The van der Waals surface area contributed by atoms with Gasteiger partial charge in [0.1, 0.15) is 0 Å². The van der Waals surface area contributed by atoms with Crippen molar-refractivity contribution in [2.45, 2.75) is 18.2 Å². The molecule has 0 saturated carbocycles. The molecule has 1 aliphatic rings. The first kappa shape index (κ1) is 13.9. The Morgan fingerprint density at radius 3 is 2.56 bits per heavy atom. The van der Waals surface area contributed by atoms with Crippen molar-refractivity contribution in [1.29, 1.82) is 0 Å². The second kappa shape index (κ2) is 7.17. The zero-order chi connectivity index (χ0) is 12.8. The van der Waals surface area contributed by atoms with Crippen LogP contribution in [-0.2, 0) is 6.42 Å². The van der Waals surface area contributed by atoms with E-state index in [-0.39, 0.29) is 0 Å². The van der Waals surface area contributed by atoms with Crippen molar-refractivity contribution in [3.63, 3.8) is 0 Å². The van der Waals surface area contributed by atoms with Crippen LogP contribution in [0.2, 0.25) is 0 Å². The van der Waals surface area contributed by atoms with Gasteiger partial charge in [-0.2, -0.15) is 0 Å². The zero-order valence-electron chi connectivity index (χ0n) is 11.5. The summed E-state index contributed by atoms with van der Waals surface area (Å²) in [6.45, 7) is 7.00. The molecule has 0 aliphatic carbocycles. The van der Waals surface area contributed by atoms with Crippen LogP contribution in [0.15, 0.2) is 29.2 Å². The Kier molecular flexibility index (Phi) is 5.54. The van der Waals surface area contributed by atoms with Gasteiger partial charge in [0.2, 0.25) is 0 Å². The van der Waals surface area contributed by atoms with Gasteiger partial charge in [-0.15, -0.1) is 11.8 Å². The van der Waals surface area contributed by atoms with Gasteiger partial charge in [0.25, 0.3) is 0 Å². The molecule has 0 spiro atoms. The van der Waals surface area contributed by atoms with Crippen LogP contribution in [-0.4, -0.2) is 43.9 Å². The predicted octanol–water partition coefficient (Wildman–Crippen LogP) is 2.49. The Bertz CT molecular complexity index is 346. The lowest BCUT2D eigenvalue weighted by atomic mass is 10.0. The van der Waals surface area contributed by atoms with E-state index in [4.69, 9.17) is 0 Å². The molecular weight excluding hydrogens is 240 g/mol. The first-order valence-corrected chi connectivity index (χ1v) is 7.87. The van der Waals surface area contributed by atoms with Crippen LogP contribution in [0.4, 0.5) is 0 Å². The average molecular weight is 264 g/mol. The van der Waals surface area contributed by atoms with E-state index in [2.05, 4.69) is 48.5 Å². The lowest BCUT2D eigenvalue weighted by Crippen LogP contribution is -2.47. The summed E-state index contributed by atoms with van der Waals surface area (Å²) < 4.78 is 0. The average Bonchev–Trinajstić information content (AvgIpc) is 2.33. The van der Waals surface area contributed by atoms with Crippen LogP contribution in [0, 0.1) is 5.92 Å². The van der Waals surface area contributed by atoms with Crippen LogP contribution in [0.3, 0.4) is 0 Å². The summed E-state index contributed by atoms with van der Waals surface area (Å²) in [7, 11) is 2.24. The third-order valence-electron chi connectivity index (χ3n) is 3.45. The van der Waals surface area contributed by atoms with Crippen LogP contribution in [0.1, 0.15) is 12.5 Å². The molecule has 1 saturated heterocycles. The molecule has 100 valence electrons. The van der Waals surface area contributed by atoms with Gasteiger partial charge < -0.3 is 10.2 Å². The van der Waals surface area contributed by atoms with Crippen molar-refractivity contribution in [3.05, 3.63) is 29.8 Å². The number of rotatable bonds is 7. The van der Waals surface area contributed by atoms with Crippen molar-refractivity contribution in [2.75, 3.05) is 39.0 Å². The van der Waals surface area contributed by atoms with E-state index in [1.165, 1.54) is 30.1 Å². The van der Waals surface area contributed by atoms with Gasteiger partial charge in [-0.1, -0.05) is 19.1 Å². The summed E-state index contributed by atoms with van der Waals surface area (Å²) >= 11 is 1.91. The van der Waals surface area contributed by atoms with Crippen LogP contribution < -0.4 is 5.32 Å². The lowest BCUT2D eigenvalue weighted by molar-refractivity contribution is 0.226. The van der Waals surface area contributed by atoms with Crippen molar-refractivity contribution in [2.24, 2.45) is 5.92 Å². The van der Waals surface area contributed by atoms with Crippen molar-refractivity contribution in [3.8, 4) is 0 Å². The lowest BCUT2D eigenvalue weighted by Gasteiger charge is -2.31. The highest BCUT2D eigenvalue weighted by molar-refractivity contribution is 7.99. The molecule has 1 N–H and O–H groups in total. The highest BCUT2D eigenvalue weighted by Crippen LogP contribution is 2.18. The second-order valence-corrected chi connectivity index (χ2v) is 6.45. The fourth-order valence-electron chi connectivity index (χ4n) is 2.25. The molecule has 0 atom stereocenters. The number of hydrogen-bond donors (Lipinski definition) is 1. The fraction of sp³-hybridized carbons (Fsp3) is 0.600. The standard InChI is InChI=1S/C15H24N2S/c1-3-18-15-6-4-13(5-7-15)8-9-17(2)12-14-10-16-11-14/h4-7,14,16H,3,8-12H2,1-2H3. The zero-order valence-corrected chi connectivity index (χ0v) is 12.3. The molecule has 1 heterocycles. The first-order chi connectivity index (χ1) is 8.78. The number of hydrogen-bond acceptors (Lipinski definition) is 3. The van der Waals surface area contributed by atoms with Crippen molar-refractivity contribution >= 4 is 11.8 Å². The van der Waals surface area contributed by atoms with E-state index in [1.54, 1.807) is 0 Å². The minimum atomic E-state index is 0.873. The normalized spacial score (nSPS) is 15.9. The first-order valence-electron chi connectivity index (χ1n) is 6.89. The molecular formula is C15H24N2S. The molecule has 0 unspecified atom stereocenters. The van der Waals surface area contributed by atoms with Gasteiger partial charge in [-0.25, -0.2) is 0 Å². The number of thioether (sulfide) groups is 1. The van der Waals surface area contributed by atoms with E-state index in [0.29, 0.717) is 0 Å². The Hall–Kier alpha value is -0.510. The molecule has 2 nitrogen and oxygen atoms in total. The van der Waals surface area contributed by atoms with E-state index < -0.39 is 0 Å². The fourth-order valence-corrected chi connectivity index (χ4v) is 2.91. The molecule has 2 rings (SSSR count). The smallest absolute Gasteiger partial charge is 0.00720 e. The van der Waals surface area contributed by atoms with Gasteiger partial charge in [0.15, 0.2) is 0 Å². The summed E-state index contributed by atoms with van der Waals surface area (Å²) in [6.07, 6.45) is 1.16. The SMILES string of the molecule is CCSc1ccc(CCN(C)CC2CNC2)cc1. The van der Waals surface area contributed by atoms with Crippen LogP contribution in [0.25, 0.3) is 0 Å². The summed E-state index contributed by atoms with van der Waals surface area (Å²) in [4.78, 5) is 3.84. The maximum Gasteiger partial charge on any atom is 0.00720 e. The van der Waals surface area contributed by atoms with Gasteiger partial charge in [-0.3, -0.25) is 0 Å². The summed E-state index contributed by atoms with van der Waals surface area (Å²) in [5.41, 5.74) is 1.45. The quantitative estimate of drug-likeness (QED) is 0.762. The van der Waals surface area contributed by atoms with E-state index in [9.17, 15) is 0 Å². The largest absolute Gasteiger partial charge is 0.316 e. The highest BCUT2D eigenvalue weighted by atomic mass is 32.2. The minimum Gasteiger partial charge on any atom is -0.316 e. The number of nitrogens with zero attached hydrogens (tertiary/aromatic N) is 1. The number of nitrogens with one attached hydrogen (secondary N) is 1. The van der Waals surface area contributed by atoms with Gasteiger partial charge in [0, 0.05) is 31.1 Å². The molecule has 1 fully saturated rings. The third kappa shape index (κ3) is 4.30. The van der Waals surface area contributed by atoms with Gasteiger partial charge >= 0.3 is 0 Å². The molecule has 0 bridgehead atoms. The van der Waals surface area contributed by atoms with Gasteiger partial charge in [0.05, 0.1) is 0 Å². The molecule has 0 radical (unpaired) electrons. The van der Waals surface area contributed by atoms with E-state index in [0.717, 1.165) is 24.6 Å². The van der Waals surface area contributed by atoms with Crippen LogP contribution in [0.5, 0.6) is 0 Å². The molecule has 1 aromatic carbocycles. The van der Waals surface area contributed by atoms with Crippen molar-refractivity contribution < 1.29 is 0 Å². The summed E-state index contributed by atoms with van der Waals surface area (Å²) in [6, 6.07) is 9.05. The minimum absolute atomic E-state index is 0.873. The number of likely N-dealkylation sites (N-methyl/N-ethyl adjacent to an activating group) is 1. The van der Waals surface area contributed by atoms with Gasteiger partial charge in [-0.05, 0) is 42.8 Å². The van der Waals surface area contributed by atoms with E-state index >= 15 is 0 Å². The third-order valence-corrected chi connectivity index (χ3v) is 4.35. The predicted molar refractivity (Wildman–Crippen MR) is 80.4 cm³/mol. The van der Waals surface area contributed by atoms with Crippen molar-refractivity contribution in [1.82, 2.24) is 10.2 Å². The van der Waals surface area contributed by atoms with Crippen LogP contribution >= 0.6 is 11.8 Å². The molecule has 0 aromatic heterocycles. The second-order valence-electron chi connectivity index (χ2n) is 5.11. The Balaban J connectivity index is 1.71. The van der Waals surface area contributed by atoms with E-state index in [1.807, 2.05) is 11.8 Å². The summed E-state index contributed by atoms with van der Waals surface area (Å²) in [5, 5.41) is 3.33. The molecule has 18 heavy (non-hydrogen) atoms. The topological polar surface area (TPSA) is 15.3 Å². The Morgan fingerprint density at radius 1 is 1.28 bits per heavy atom. The molecule has 1 aliphatic heterocycles. The number of benzene rings is 1. The Labute approximate surface area is 115 Å². The highest BCUT2D eigenvalue weighted by Gasteiger charge is 2.17. The summed E-state index contributed by atoms with van der Waals surface area (Å²) in [5.74, 6) is 2.02. The molecule has 3 heteroatoms. The molecule has 0 amide bonds. The monoisotopic (exact) mass is 264 g/mol. The Morgan fingerprint density at radius 2 is 2.00 bits per heavy atom. The maximum absolute atomic E-state index is 3.33.